The lowest BCUT2D eigenvalue weighted by atomic mass is 10.2. The van der Waals surface area contributed by atoms with Gasteiger partial charge in [0.15, 0.2) is 0 Å². The lowest BCUT2D eigenvalue weighted by molar-refractivity contribution is 0.362. The zero-order chi connectivity index (χ0) is 16.3. The van der Waals surface area contributed by atoms with Crippen LogP contribution in [0.1, 0.15) is 41.5 Å². The van der Waals surface area contributed by atoms with Crippen molar-refractivity contribution in [3.63, 3.8) is 0 Å². The first-order chi connectivity index (χ1) is 11.3. The van der Waals surface area contributed by atoms with Crippen LogP contribution in [0.4, 0.5) is 0 Å². The highest BCUT2D eigenvalue weighted by molar-refractivity contribution is 7.13. The number of unbranched alkanes of at least 4 members (excludes halogenated alkanes) is 2. The molecule has 0 aliphatic carbocycles. The van der Waals surface area contributed by atoms with E-state index in [1.165, 1.54) is 24.2 Å². The number of hydrogen-bond donors (Lipinski definition) is 0. The summed E-state index contributed by atoms with van der Waals surface area (Å²) in [6.07, 6.45) is 7.79. The number of hydrogen-bond acceptors (Lipinski definition) is 3. The maximum absolute atomic E-state index is 8.79. The summed E-state index contributed by atoms with van der Waals surface area (Å²) in [5.74, 6) is 7.02. The second-order valence-electron chi connectivity index (χ2n) is 4.97. The Morgan fingerprint density at radius 3 is 2.52 bits per heavy atom. The van der Waals surface area contributed by atoms with E-state index in [4.69, 9.17) is 10.00 Å². The van der Waals surface area contributed by atoms with E-state index >= 15 is 0 Å². The number of thiophene rings is 1. The Balaban J connectivity index is 1.85. The molecule has 23 heavy (non-hydrogen) atoms. The van der Waals surface area contributed by atoms with Crippen molar-refractivity contribution in [2.24, 2.45) is 0 Å². The molecule has 2 aromatic rings. The van der Waals surface area contributed by atoms with Gasteiger partial charge in [-0.15, -0.1) is 11.3 Å². The standard InChI is InChI=1S/C20H19NOS/c1-2-3-4-5-6-15-22-18-10-7-17(8-11-18)9-12-19-13-14-20(16-21)23-19/h5-8,10-11,13-14H,2-4,15H2,1H3. The summed E-state index contributed by atoms with van der Waals surface area (Å²) >= 11 is 1.41. The highest BCUT2D eigenvalue weighted by Gasteiger charge is 1.95. The molecule has 0 aliphatic rings. The van der Waals surface area contributed by atoms with Crippen molar-refractivity contribution in [2.75, 3.05) is 6.61 Å². The average Bonchev–Trinajstić information content (AvgIpc) is 3.05. The first kappa shape index (κ1) is 16.9. The number of ether oxygens (including phenoxy) is 1. The van der Waals surface area contributed by atoms with Gasteiger partial charge in [0, 0.05) is 5.56 Å². The largest absolute Gasteiger partial charge is 0.490 e. The third kappa shape index (κ3) is 6.02. The van der Waals surface area contributed by atoms with E-state index in [0.717, 1.165) is 22.6 Å². The molecule has 0 unspecified atom stereocenters. The van der Waals surface area contributed by atoms with Crippen molar-refractivity contribution in [2.45, 2.75) is 26.2 Å². The lowest BCUT2D eigenvalue weighted by Gasteiger charge is -2.02. The summed E-state index contributed by atoms with van der Waals surface area (Å²) in [6.45, 7) is 2.79. The molecule has 2 nitrogen and oxygen atoms in total. The van der Waals surface area contributed by atoms with Gasteiger partial charge < -0.3 is 4.74 Å². The number of allylic oxidation sites excluding steroid dienone is 1. The Hall–Kier alpha value is -2.49. The monoisotopic (exact) mass is 321 g/mol. The second kappa shape index (κ2) is 9.51. The van der Waals surface area contributed by atoms with Crippen LogP contribution in [-0.4, -0.2) is 6.61 Å². The van der Waals surface area contributed by atoms with Crippen LogP contribution in [0.2, 0.25) is 0 Å². The number of benzene rings is 1. The van der Waals surface area contributed by atoms with Gasteiger partial charge in [0.2, 0.25) is 0 Å². The minimum Gasteiger partial charge on any atom is -0.490 e. The van der Waals surface area contributed by atoms with E-state index in [1.54, 1.807) is 6.07 Å². The van der Waals surface area contributed by atoms with Gasteiger partial charge in [-0.1, -0.05) is 43.8 Å². The Morgan fingerprint density at radius 1 is 1.04 bits per heavy atom. The van der Waals surface area contributed by atoms with Crippen molar-refractivity contribution in [3.05, 3.63) is 63.9 Å². The van der Waals surface area contributed by atoms with Gasteiger partial charge in [-0.3, -0.25) is 0 Å². The maximum atomic E-state index is 8.79. The molecular formula is C20H19NOS. The topological polar surface area (TPSA) is 33.0 Å². The first-order valence-electron chi connectivity index (χ1n) is 7.71. The van der Waals surface area contributed by atoms with Crippen LogP contribution in [0, 0.1) is 23.2 Å². The molecule has 0 N–H and O–H groups in total. The van der Waals surface area contributed by atoms with E-state index < -0.39 is 0 Å². The lowest BCUT2D eigenvalue weighted by Crippen LogP contribution is -1.93. The molecule has 0 bridgehead atoms. The zero-order valence-corrected chi connectivity index (χ0v) is 14.0. The third-order valence-electron chi connectivity index (χ3n) is 3.14. The fourth-order valence-corrected chi connectivity index (χ4v) is 2.54. The minimum atomic E-state index is 0.598. The molecule has 0 fully saturated rings. The van der Waals surface area contributed by atoms with E-state index in [1.807, 2.05) is 30.3 Å². The molecule has 1 aromatic carbocycles. The van der Waals surface area contributed by atoms with Gasteiger partial charge in [-0.2, -0.15) is 5.26 Å². The smallest absolute Gasteiger partial charge is 0.119 e. The highest BCUT2D eigenvalue weighted by Crippen LogP contribution is 2.15. The zero-order valence-electron chi connectivity index (χ0n) is 13.2. The predicted molar refractivity (Wildman–Crippen MR) is 95.6 cm³/mol. The van der Waals surface area contributed by atoms with E-state index in [2.05, 4.69) is 37.0 Å². The van der Waals surface area contributed by atoms with Crippen LogP contribution >= 0.6 is 11.3 Å². The molecule has 0 saturated carbocycles. The Morgan fingerprint density at radius 2 is 1.83 bits per heavy atom. The normalized spacial score (nSPS) is 10.1. The van der Waals surface area contributed by atoms with Crippen LogP contribution in [0.5, 0.6) is 5.75 Å². The molecule has 0 radical (unpaired) electrons. The van der Waals surface area contributed by atoms with Gasteiger partial charge >= 0.3 is 0 Å². The predicted octanol–water partition coefficient (Wildman–Crippen LogP) is 5.14. The van der Waals surface area contributed by atoms with Crippen molar-refractivity contribution < 1.29 is 4.74 Å². The van der Waals surface area contributed by atoms with Gasteiger partial charge in [-0.25, -0.2) is 0 Å². The number of nitrogens with zero attached hydrogens (tertiary/aromatic N) is 1. The summed E-state index contributed by atoms with van der Waals surface area (Å²) < 4.78 is 5.65. The van der Waals surface area contributed by atoms with Crippen LogP contribution in [-0.2, 0) is 0 Å². The van der Waals surface area contributed by atoms with Crippen molar-refractivity contribution in [1.82, 2.24) is 0 Å². The van der Waals surface area contributed by atoms with E-state index in [9.17, 15) is 0 Å². The summed E-state index contributed by atoms with van der Waals surface area (Å²) in [5, 5.41) is 8.79. The molecule has 1 aromatic heterocycles. The first-order valence-corrected chi connectivity index (χ1v) is 8.53. The molecule has 0 atom stereocenters. The van der Waals surface area contributed by atoms with Gasteiger partial charge in [0.25, 0.3) is 0 Å². The summed E-state index contributed by atoms with van der Waals surface area (Å²) in [5.41, 5.74) is 0.933. The number of rotatable bonds is 6. The fourth-order valence-electron chi connectivity index (χ4n) is 1.89. The molecular weight excluding hydrogens is 302 g/mol. The van der Waals surface area contributed by atoms with Crippen LogP contribution in [0.25, 0.3) is 0 Å². The second-order valence-corrected chi connectivity index (χ2v) is 6.06. The number of nitriles is 1. The average molecular weight is 321 g/mol. The van der Waals surface area contributed by atoms with Gasteiger partial charge in [-0.05, 0) is 42.8 Å². The minimum absolute atomic E-state index is 0.598. The Labute approximate surface area is 142 Å². The summed E-state index contributed by atoms with van der Waals surface area (Å²) in [6, 6.07) is 13.5. The summed E-state index contributed by atoms with van der Waals surface area (Å²) in [7, 11) is 0. The Kier molecular flexibility index (Phi) is 6.98. The van der Waals surface area contributed by atoms with Crippen molar-refractivity contribution in [3.8, 4) is 23.7 Å². The summed E-state index contributed by atoms with van der Waals surface area (Å²) in [4.78, 5) is 1.59. The van der Waals surface area contributed by atoms with Gasteiger partial charge in [0.05, 0.1) is 4.88 Å². The van der Waals surface area contributed by atoms with Crippen molar-refractivity contribution in [1.29, 1.82) is 5.26 Å². The molecule has 0 amide bonds. The third-order valence-corrected chi connectivity index (χ3v) is 4.04. The molecule has 1 heterocycles. The van der Waals surface area contributed by atoms with Crippen LogP contribution in [0.15, 0.2) is 48.6 Å². The SMILES string of the molecule is CCCCC=CCOc1ccc(C#Cc2ccc(C#N)s2)cc1. The molecule has 0 aliphatic heterocycles. The van der Waals surface area contributed by atoms with E-state index in [-0.39, 0.29) is 0 Å². The molecule has 116 valence electrons. The maximum Gasteiger partial charge on any atom is 0.119 e. The van der Waals surface area contributed by atoms with E-state index in [0.29, 0.717) is 11.5 Å². The highest BCUT2D eigenvalue weighted by atomic mass is 32.1. The van der Waals surface area contributed by atoms with Crippen LogP contribution in [0.3, 0.4) is 0 Å². The van der Waals surface area contributed by atoms with Crippen molar-refractivity contribution >= 4 is 11.3 Å². The molecule has 0 spiro atoms. The van der Waals surface area contributed by atoms with Crippen LogP contribution < -0.4 is 4.74 Å². The molecule has 2 rings (SSSR count). The quantitative estimate of drug-likeness (QED) is 0.419. The van der Waals surface area contributed by atoms with Gasteiger partial charge in [0.1, 0.15) is 23.3 Å². The Bertz CT molecular complexity index is 738. The molecule has 0 saturated heterocycles. The fraction of sp³-hybridized carbons (Fsp3) is 0.250. The molecule has 3 heteroatoms.